The molecule has 1 atom stereocenters. The van der Waals surface area contributed by atoms with E-state index in [1.54, 1.807) is 13.8 Å². The van der Waals surface area contributed by atoms with Crippen molar-refractivity contribution in [1.82, 2.24) is 0 Å². The Kier molecular flexibility index (Phi) is 20.5. The van der Waals surface area contributed by atoms with Crippen LogP contribution in [0.15, 0.2) is 0 Å². The summed E-state index contributed by atoms with van der Waals surface area (Å²) >= 11 is 12.4. The van der Waals surface area contributed by atoms with Crippen LogP contribution >= 0.6 is 71.5 Å². The number of halogens is 4. The molecular weight excluding hydrogens is 755 g/mol. The monoisotopic (exact) mass is 780 g/mol. The number of methoxy groups -OCH3 is 2. The zero-order valence-corrected chi connectivity index (χ0v) is 24.3. The molecule has 158 valence electrons. The van der Waals surface area contributed by atoms with Gasteiger partial charge in [0.1, 0.15) is 11.7 Å². The molecule has 2 rings (SSSR count). The van der Waals surface area contributed by atoms with Crippen LogP contribution in [0.4, 0.5) is 0 Å². The van der Waals surface area contributed by atoms with Gasteiger partial charge in [-0.1, -0.05) is 6.92 Å². The first-order valence-corrected chi connectivity index (χ1v) is 22.1. The van der Waals surface area contributed by atoms with Gasteiger partial charge >= 0.3 is 76.8 Å². The van der Waals surface area contributed by atoms with E-state index in [1.807, 2.05) is 0 Å². The van der Waals surface area contributed by atoms with E-state index < -0.39 is 11.9 Å². The van der Waals surface area contributed by atoms with E-state index in [1.165, 1.54) is 14.2 Å². The first-order valence-electron chi connectivity index (χ1n) is 8.16. The molecule has 0 aliphatic heterocycles. The van der Waals surface area contributed by atoms with Crippen molar-refractivity contribution in [3.8, 4) is 0 Å². The predicted octanol–water partition coefficient (Wildman–Crippen LogP) is 5.16. The SMILES string of the molecule is CCC(=O)OC.COC(=O)C(C)C(=O)C1CC1.O=C(Cl)C1CC1.[I][V]([I])[I]. The second-order valence-corrected chi connectivity index (χ2v) is 41.4. The van der Waals surface area contributed by atoms with Crippen molar-refractivity contribution in [3.63, 3.8) is 0 Å². The number of rotatable bonds is 5. The second-order valence-electron chi connectivity index (χ2n) is 5.62. The molecule has 6 nitrogen and oxygen atoms in total. The summed E-state index contributed by atoms with van der Waals surface area (Å²) in [6, 6.07) is 0. The summed E-state index contributed by atoms with van der Waals surface area (Å²) in [6.45, 7) is 3.36. The maximum atomic E-state index is 11.2. The predicted molar refractivity (Wildman–Crippen MR) is 127 cm³/mol. The van der Waals surface area contributed by atoms with Gasteiger partial charge < -0.3 is 9.47 Å². The Morgan fingerprint density at radius 1 is 1.00 bits per heavy atom. The fraction of sp³-hybridized carbons (Fsp3) is 0.750. The van der Waals surface area contributed by atoms with E-state index in [0.717, 1.165) is 25.7 Å². The molecule has 0 amide bonds. The number of carbonyl (C=O) groups excluding carboxylic acids is 4. The zero-order valence-electron chi connectivity index (χ0n) is 15.7. The molecule has 0 heterocycles. The van der Waals surface area contributed by atoms with Crippen LogP contribution < -0.4 is 0 Å². The van der Waals surface area contributed by atoms with Gasteiger partial charge in [-0.25, -0.2) is 0 Å². The van der Waals surface area contributed by atoms with Gasteiger partial charge in [-0.3, -0.25) is 19.2 Å². The first kappa shape index (κ1) is 30.5. The summed E-state index contributed by atoms with van der Waals surface area (Å²) in [4.78, 5) is 41.7. The molecule has 0 N–H and O–H groups in total. The molecule has 11 heteroatoms. The summed E-state index contributed by atoms with van der Waals surface area (Å²) in [6.07, 6.45) is 4.39. The molecule has 0 aromatic rings. The average Bonchev–Trinajstić information content (AvgIpc) is 3.51. The van der Waals surface area contributed by atoms with E-state index in [2.05, 4.69) is 69.4 Å². The Morgan fingerprint density at radius 2 is 1.41 bits per heavy atom. The molecule has 0 aromatic heterocycles. The Hall–Kier alpha value is 1.34. The molecule has 27 heavy (non-hydrogen) atoms. The van der Waals surface area contributed by atoms with E-state index >= 15 is 0 Å². The number of ketones is 1. The number of ether oxygens (including phenoxy) is 2. The van der Waals surface area contributed by atoms with Crippen LogP contribution in [0, 0.1) is 17.8 Å². The molecule has 0 saturated heterocycles. The summed E-state index contributed by atoms with van der Waals surface area (Å²) < 4.78 is 8.71. The molecule has 2 saturated carbocycles. The summed E-state index contributed by atoms with van der Waals surface area (Å²) in [5, 5.41) is -0.157. The van der Waals surface area contributed by atoms with Crippen LogP contribution in [-0.2, 0) is 33.6 Å². The van der Waals surface area contributed by atoms with Crippen molar-refractivity contribution in [1.29, 1.82) is 0 Å². The molecule has 0 aromatic carbocycles. The van der Waals surface area contributed by atoms with Gasteiger partial charge in [0, 0.05) is 18.3 Å². The van der Waals surface area contributed by atoms with Crippen molar-refractivity contribution in [2.45, 2.75) is 46.0 Å². The molecule has 1 unspecified atom stereocenters. The molecule has 2 aliphatic rings. The Labute approximate surface area is 203 Å². The van der Waals surface area contributed by atoms with Gasteiger partial charge in [-0.2, -0.15) is 0 Å². The number of esters is 2. The fourth-order valence-corrected chi connectivity index (χ4v) is 1.69. The number of hydrogen-bond acceptors (Lipinski definition) is 6. The molecule has 2 aliphatic carbocycles. The topological polar surface area (TPSA) is 86.7 Å². The van der Waals surface area contributed by atoms with Gasteiger partial charge in [0.15, 0.2) is 0 Å². The molecular formula is C16H25ClI3O6V. The van der Waals surface area contributed by atoms with Crippen molar-refractivity contribution >= 4 is 94.5 Å². The minimum absolute atomic E-state index is 0.0388. The number of hydrogen-bond donors (Lipinski definition) is 0. The zero-order chi connectivity index (χ0) is 21.6. The minimum atomic E-state index is -0.563. The number of Topliss-reactive ketones (excluding diaryl/α,β-unsaturated/α-hetero) is 1. The maximum absolute atomic E-state index is 11.2. The third-order valence-corrected chi connectivity index (χ3v) is 3.68. The fourth-order valence-electron chi connectivity index (χ4n) is 1.47. The Bertz CT molecular complexity index is 474. The molecule has 0 spiro atoms. The molecule has 0 bridgehead atoms. The quantitative estimate of drug-likeness (QED) is 0.166. The normalized spacial score (nSPS) is 15.4. The van der Waals surface area contributed by atoms with Gasteiger partial charge in [0.25, 0.3) is 0 Å². The van der Waals surface area contributed by atoms with Crippen molar-refractivity contribution in [2.75, 3.05) is 14.2 Å². The third kappa shape index (κ3) is 20.4. The van der Waals surface area contributed by atoms with Crippen LogP contribution in [0.2, 0.25) is 0 Å². The molecule has 2 fully saturated rings. The van der Waals surface area contributed by atoms with E-state index in [4.69, 9.17) is 11.6 Å². The van der Waals surface area contributed by atoms with E-state index in [-0.39, 0.29) is 33.8 Å². The van der Waals surface area contributed by atoms with E-state index in [9.17, 15) is 19.2 Å². The third-order valence-electron chi connectivity index (χ3n) is 3.38. The van der Waals surface area contributed by atoms with Gasteiger partial charge in [0.05, 0.1) is 14.2 Å². The van der Waals surface area contributed by atoms with Gasteiger partial charge in [-0.15, -0.1) is 0 Å². The van der Waals surface area contributed by atoms with Crippen LogP contribution in [0.1, 0.15) is 46.0 Å². The van der Waals surface area contributed by atoms with Crippen LogP contribution in [0.3, 0.4) is 0 Å². The van der Waals surface area contributed by atoms with Crippen molar-refractivity contribution in [2.24, 2.45) is 17.8 Å². The van der Waals surface area contributed by atoms with Crippen LogP contribution in [0.5, 0.6) is 0 Å². The van der Waals surface area contributed by atoms with Crippen molar-refractivity contribution in [3.05, 3.63) is 0 Å². The Balaban J connectivity index is 0. The summed E-state index contributed by atoms with van der Waals surface area (Å²) in [5.74, 6) is -0.725. The van der Waals surface area contributed by atoms with Crippen LogP contribution in [-0.4, -0.2) is 37.2 Å². The number of carbonyl (C=O) groups is 4. The standard InChI is InChI=1S/C8H12O3.C4H5ClO.C4H8O2.3HI.V/c1-5(8(10)11-2)7(9)6-3-4-6;5-4(6)3-1-2-3;1-3-4(5)6-2;;;;/h5-6H,3-4H2,1-2H3;3H,1-2H2;3H2,1-2H3;3*1H;/q;;;;;;+3/p-3. The van der Waals surface area contributed by atoms with Crippen LogP contribution in [0.25, 0.3) is 0 Å². The Morgan fingerprint density at radius 3 is 1.56 bits per heavy atom. The summed E-state index contributed by atoms with van der Waals surface area (Å²) in [7, 11) is 2.69. The second kappa shape index (κ2) is 18.1. The van der Waals surface area contributed by atoms with Crippen molar-refractivity contribution < 1.29 is 33.6 Å². The van der Waals surface area contributed by atoms with E-state index in [0.29, 0.717) is 6.42 Å². The average molecular weight is 780 g/mol. The van der Waals surface area contributed by atoms with Gasteiger partial charge in [-0.05, 0) is 44.2 Å². The first-order chi connectivity index (χ1) is 12.5. The molecule has 0 radical (unpaired) electrons. The van der Waals surface area contributed by atoms with Gasteiger partial charge in [0.2, 0.25) is 5.24 Å². The summed E-state index contributed by atoms with van der Waals surface area (Å²) in [5.41, 5.74) is 0.